The fourth-order valence-corrected chi connectivity index (χ4v) is 2.46. The molecule has 0 aliphatic rings. The average molecular weight is 340 g/mol. The number of unbranched alkanes of at least 4 members (excludes halogenated alkanes) is 1. The molecule has 0 heterocycles. The lowest BCUT2D eigenvalue weighted by atomic mass is 10.2. The number of rotatable bonds is 11. The summed E-state index contributed by atoms with van der Waals surface area (Å²) >= 11 is 0. The van der Waals surface area contributed by atoms with Gasteiger partial charge in [-0.1, -0.05) is 13.3 Å². The molecule has 0 aliphatic carbocycles. The molecular formula is C18H30NO5+. The van der Waals surface area contributed by atoms with E-state index in [4.69, 9.17) is 9.47 Å². The predicted molar refractivity (Wildman–Crippen MR) is 92.0 cm³/mol. The number of aliphatic hydroxyl groups is 1. The SMILES string of the molecule is CCCC[NH+](CC)C[C@@H](O)COc1ccc(C(=O)OC)cc1OC. The molecule has 2 atom stereocenters. The van der Waals surface area contributed by atoms with Gasteiger partial charge in [0.2, 0.25) is 0 Å². The van der Waals surface area contributed by atoms with Crippen LogP contribution in [0.25, 0.3) is 0 Å². The van der Waals surface area contributed by atoms with Gasteiger partial charge in [-0.2, -0.15) is 0 Å². The van der Waals surface area contributed by atoms with Gasteiger partial charge in [0.1, 0.15) is 19.3 Å². The highest BCUT2D eigenvalue weighted by molar-refractivity contribution is 5.90. The molecule has 0 saturated heterocycles. The standard InChI is InChI=1S/C18H29NO5/c1-5-7-10-19(6-2)12-15(20)13-24-16-9-8-14(18(21)23-4)11-17(16)22-3/h8-9,11,15,20H,5-7,10,12-13H2,1-4H3/p+1/t15-/m1/s1. The van der Waals surface area contributed by atoms with Crippen molar-refractivity contribution in [3.8, 4) is 11.5 Å². The Morgan fingerprint density at radius 3 is 2.58 bits per heavy atom. The van der Waals surface area contributed by atoms with Gasteiger partial charge in [0.25, 0.3) is 0 Å². The van der Waals surface area contributed by atoms with Gasteiger partial charge in [-0.15, -0.1) is 0 Å². The van der Waals surface area contributed by atoms with Crippen molar-refractivity contribution in [2.24, 2.45) is 0 Å². The number of nitrogens with one attached hydrogen (secondary N) is 1. The van der Waals surface area contributed by atoms with E-state index in [9.17, 15) is 9.90 Å². The lowest BCUT2D eigenvalue weighted by Crippen LogP contribution is -3.13. The molecule has 1 aromatic carbocycles. The lowest BCUT2D eigenvalue weighted by molar-refractivity contribution is -0.901. The number of hydrogen-bond acceptors (Lipinski definition) is 5. The third kappa shape index (κ3) is 6.37. The number of ether oxygens (including phenoxy) is 3. The quantitative estimate of drug-likeness (QED) is 0.587. The van der Waals surface area contributed by atoms with Crippen LogP contribution in [-0.4, -0.2) is 57.6 Å². The fourth-order valence-electron chi connectivity index (χ4n) is 2.46. The Morgan fingerprint density at radius 2 is 2.00 bits per heavy atom. The van der Waals surface area contributed by atoms with Crippen LogP contribution >= 0.6 is 0 Å². The molecule has 6 heteroatoms. The van der Waals surface area contributed by atoms with Gasteiger partial charge in [-0.05, 0) is 31.5 Å². The summed E-state index contributed by atoms with van der Waals surface area (Å²) in [6.45, 7) is 7.16. The number of benzene rings is 1. The summed E-state index contributed by atoms with van der Waals surface area (Å²) in [6, 6.07) is 4.83. The number of carbonyl (C=O) groups is 1. The van der Waals surface area contributed by atoms with Crippen molar-refractivity contribution in [1.29, 1.82) is 0 Å². The van der Waals surface area contributed by atoms with E-state index in [-0.39, 0.29) is 6.61 Å². The van der Waals surface area contributed by atoms with Crippen LogP contribution in [0, 0.1) is 0 Å². The predicted octanol–water partition coefficient (Wildman–Crippen LogP) is 0.926. The summed E-state index contributed by atoms with van der Waals surface area (Å²) in [4.78, 5) is 12.9. The van der Waals surface area contributed by atoms with Crippen LogP contribution in [0.3, 0.4) is 0 Å². The van der Waals surface area contributed by atoms with Crippen LogP contribution in [-0.2, 0) is 4.74 Å². The largest absolute Gasteiger partial charge is 0.493 e. The molecule has 0 aliphatic heterocycles. The minimum Gasteiger partial charge on any atom is -0.493 e. The van der Waals surface area contributed by atoms with Gasteiger partial charge in [0, 0.05) is 0 Å². The van der Waals surface area contributed by atoms with Gasteiger partial charge in [-0.3, -0.25) is 0 Å². The lowest BCUT2D eigenvalue weighted by Gasteiger charge is -2.21. The maximum atomic E-state index is 11.5. The van der Waals surface area contributed by atoms with Gasteiger partial charge in [0.05, 0.1) is 32.9 Å². The summed E-state index contributed by atoms with van der Waals surface area (Å²) in [5, 5.41) is 10.2. The average Bonchev–Trinajstić information content (AvgIpc) is 2.62. The third-order valence-electron chi connectivity index (χ3n) is 3.92. The Hall–Kier alpha value is -1.79. The zero-order valence-corrected chi connectivity index (χ0v) is 15.1. The van der Waals surface area contributed by atoms with E-state index in [2.05, 4.69) is 18.6 Å². The van der Waals surface area contributed by atoms with E-state index in [1.807, 2.05) is 0 Å². The number of aliphatic hydroxyl groups excluding tert-OH is 1. The molecule has 136 valence electrons. The second-order valence-corrected chi connectivity index (χ2v) is 5.73. The molecule has 0 bridgehead atoms. The van der Waals surface area contributed by atoms with E-state index in [1.54, 1.807) is 18.2 Å². The Morgan fingerprint density at radius 1 is 1.25 bits per heavy atom. The molecule has 2 N–H and O–H groups in total. The van der Waals surface area contributed by atoms with Crippen molar-refractivity contribution in [1.82, 2.24) is 0 Å². The summed E-state index contributed by atoms with van der Waals surface area (Å²) in [5.74, 6) is 0.504. The van der Waals surface area contributed by atoms with Gasteiger partial charge < -0.3 is 24.2 Å². The first-order valence-electron chi connectivity index (χ1n) is 8.46. The topological polar surface area (TPSA) is 69.4 Å². The second kappa shape index (κ2) is 10.9. The summed E-state index contributed by atoms with van der Waals surface area (Å²) < 4.78 is 15.6. The van der Waals surface area contributed by atoms with Gasteiger partial charge in [-0.25, -0.2) is 4.79 Å². The number of hydrogen-bond donors (Lipinski definition) is 2. The first kappa shape index (κ1) is 20.3. The van der Waals surface area contributed by atoms with Crippen LogP contribution < -0.4 is 14.4 Å². The van der Waals surface area contributed by atoms with Crippen LogP contribution in [0.4, 0.5) is 0 Å². The fraction of sp³-hybridized carbons (Fsp3) is 0.611. The molecule has 1 unspecified atom stereocenters. The Labute approximate surface area is 144 Å². The first-order chi connectivity index (χ1) is 11.5. The molecule has 1 rings (SSSR count). The maximum Gasteiger partial charge on any atom is 0.337 e. The minimum absolute atomic E-state index is 0.184. The second-order valence-electron chi connectivity index (χ2n) is 5.73. The molecule has 0 aromatic heterocycles. The molecule has 1 aromatic rings. The first-order valence-corrected chi connectivity index (χ1v) is 8.46. The van der Waals surface area contributed by atoms with Crippen molar-refractivity contribution >= 4 is 5.97 Å². The number of esters is 1. The maximum absolute atomic E-state index is 11.5. The number of quaternary nitrogens is 1. The van der Waals surface area contributed by atoms with Crippen molar-refractivity contribution < 1.29 is 29.0 Å². The van der Waals surface area contributed by atoms with Crippen molar-refractivity contribution in [3.63, 3.8) is 0 Å². The molecule has 0 saturated carbocycles. The van der Waals surface area contributed by atoms with Gasteiger partial charge >= 0.3 is 5.97 Å². The summed E-state index contributed by atoms with van der Waals surface area (Å²) in [6.07, 6.45) is 1.75. The highest BCUT2D eigenvalue weighted by Gasteiger charge is 2.16. The molecule has 24 heavy (non-hydrogen) atoms. The molecule has 0 radical (unpaired) electrons. The van der Waals surface area contributed by atoms with Crippen molar-refractivity contribution in [2.75, 3.05) is 40.5 Å². The van der Waals surface area contributed by atoms with Crippen molar-refractivity contribution in [2.45, 2.75) is 32.8 Å². The van der Waals surface area contributed by atoms with E-state index < -0.39 is 12.1 Å². The van der Waals surface area contributed by atoms with Gasteiger partial charge in [0.15, 0.2) is 11.5 Å². The van der Waals surface area contributed by atoms with E-state index in [0.29, 0.717) is 23.6 Å². The number of methoxy groups -OCH3 is 2. The van der Waals surface area contributed by atoms with Crippen LogP contribution in [0.2, 0.25) is 0 Å². The van der Waals surface area contributed by atoms with E-state index in [0.717, 1.165) is 25.9 Å². The minimum atomic E-state index is -0.554. The summed E-state index contributed by atoms with van der Waals surface area (Å²) in [7, 11) is 2.84. The van der Waals surface area contributed by atoms with Crippen LogP contribution in [0.1, 0.15) is 37.0 Å². The number of carbonyl (C=O) groups excluding carboxylic acids is 1. The molecule has 0 fully saturated rings. The van der Waals surface area contributed by atoms with Crippen molar-refractivity contribution in [3.05, 3.63) is 23.8 Å². The Bertz CT molecular complexity index is 506. The monoisotopic (exact) mass is 340 g/mol. The van der Waals surface area contributed by atoms with Crippen LogP contribution in [0.5, 0.6) is 11.5 Å². The van der Waals surface area contributed by atoms with Crippen LogP contribution in [0.15, 0.2) is 18.2 Å². The number of likely N-dealkylation sites (N-methyl/N-ethyl adjacent to an activating group) is 1. The normalized spacial score (nSPS) is 13.2. The summed E-state index contributed by atoms with van der Waals surface area (Å²) in [5.41, 5.74) is 0.392. The highest BCUT2D eigenvalue weighted by atomic mass is 16.5. The Balaban J connectivity index is 2.61. The zero-order chi connectivity index (χ0) is 17.9. The molecule has 0 spiro atoms. The third-order valence-corrected chi connectivity index (χ3v) is 3.92. The Kier molecular flexibility index (Phi) is 9.19. The van der Waals surface area contributed by atoms with E-state index in [1.165, 1.54) is 19.1 Å². The zero-order valence-electron chi connectivity index (χ0n) is 15.1. The van der Waals surface area contributed by atoms with E-state index >= 15 is 0 Å². The smallest absolute Gasteiger partial charge is 0.337 e. The molecule has 0 amide bonds. The highest BCUT2D eigenvalue weighted by Crippen LogP contribution is 2.28. The molecule has 6 nitrogen and oxygen atoms in total. The molecular weight excluding hydrogens is 310 g/mol.